The largest absolute Gasteiger partial charge is 0.487 e. The highest BCUT2D eigenvalue weighted by Gasteiger charge is 2.30. The van der Waals surface area contributed by atoms with E-state index in [1.807, 2.05) is 49.4 Å². The fraction of sp³-hybridized carbons (Fsp3) is 0.308. The number of piperidine rings is 1. The lowest BCUT2D eigenvalue weighted by atomic mass is 10.1. The van der Waals surface area contributed by atoms with Gasteiger partial charge < -0.3 is 10.1 Å². The zero-order chi connectivity index (χ0) is 24.0. The number of carbonyl (C=O) groups excluding carboxylic acids is 1. The topological polar surface area (TPSA) is 88.6 Å². The molecule has 1 N–H and O–H groups in total. The highest BCUT2D eigenvalue weighted by atomic mass is 32.2. The van der Waals surface area contributed by atoms with Gasteiger partial charge >= 0.3 is 0 Å². The van der Waals surface area contributed by atoms with Gasteiger partial charge in [-0.2, -0.15) is 4.31 Å². The number of ether oxygens (including phenoxy) is 1. The van der Waals surface area contributed by atoms with Gasteiger partial charge in [0.15, 0.2) is 0 Å². The third-order valence-electron chi connectivity index (χ3n) is 5.93. The fourth-order valence-electron chi connectivity index (χ4n) is 4.01. The van der Waals surface area contributed by atoms with E-state index >= 15 is 0 Å². The van der Waals surface area contributed by atoms with Gasteiger partial charge in [-0.15, -0.1) is 0 Å². The molecule has 178 valence electrons. The Hall–Kier alpha value is -3.23. The summed E-state index contributed by atoms with van der Waals surface area (Å²) >= 11 is 0. The number of nitrogens with zero attached hydrogens (tertiary/aromatic N) is 2. The molecular formula is C26H29N3O4S. The van der Waals surface area contributed by atoms with Crippen LogP contribution in [0.15, 0.2) is 77.8 Å². The van der Waals surface area contributed by atoms with Crippen LogP contribution in [0.3, 0.4) is 0 Å². The van der Waals surface area contributed by atoms with E-state index in [0.29, 0.717) is 31.0 Å². The lowest BCUT2D eigenvalue weighted by Crippen LogP contribution is -2.41. The Labute approximate surface area is 200 Å². The second-order valence-electron chi connectivity index (χ2n) is 8.42. The first-order valence-corrected chi connectivity index (χ1v) is 12.9. The third-order valence-corrected chi connectivity index (χ3v) is 7.96. The van der Waals surface area contributed by atoms with Crippen molar-refractivity contribution in [2.24, 2.45) is 0 Å². The van der Waals surface area contributed by atoms with Gasteiger partial charge in [0.2, 0.25) is 10.0 Å². The summed E-state index contributed by atoms with van der Waals surface area (Å²) in [6, 6.07) is 19.3. The van der Waals surface area contributed by atoms with E-state index in [1.54, 1.807) is 22.6 Å². The predicted octanol–water partition coefficient (Wildman–Crippen LogP) is 4.15. The number of benzene rings is 2. The molecule has 7 nitrogen and oxygen atoms in total. The molecule has 2 heterocycles. The first kappa shape index (κ1) is 23.9. The Kier molecular flexibility index (Phi) is 7.59. The lowest BCUT2D eigenvalue weighted by Gasteiger charge is -2.32. The van der Waals surface area contributed by atoms with Gasteiger partial charge in [0.25, 0.3) is 5.91 Å². The van der Waals surface area contributed by atoms with Gasteiger partial charge in [0.05, 0.1) is 10.6 Å². The Bertz CT molecular complexity index is 1210. The van der Waals surface area contributed by atoms with Crippen molar-refractivity contribution in [1.82, 2.24) is 14.6 Å². The molecule has 34 heavy (non-hydrogen) atoms. The fourth-order valence-corrected chi connectivity index (χ4v) is 5.71. The van der Waals surface area contributed by atoms with Gasteiger partial charge in [0.1, 0.15) is 12.4 Å². The van der Waals surface area contributed by atoms with E-state index in [0.717, 1.165) is 30.5 Å². The Morgan fingerprint density at radius 3 is 2.65 bits per heavy atom. The Morgan fingerprint density at radius 2 is 1.91 bits per heavy atom. The zero-order valence-corrected chi connectivity index (χ0v) is 20.0. The quantitative estimate of drug-likeness (QED) is 0.524. The number of rotatable bonds is 8. The Balaban J connectivity index is 1.34. The van der Waals surface area contributed by atoms with Crippen molar-refractivity contribution in [3.05, 3.63) is 89.7 Å². The molecular weight excluding hydrogens is 450 g/mol. The summed E-state index contributed by atoms with van der Waals surface area (Å²) in [5, 5.41) is 2.88. The van der Waals surface area contributed by atoms with Crippen molar-refractivity contribution in [2.45, 2.75) is 50.3 Å². The molecule has 4 rings (SSSR count). The molecule has 1 aromatic heterocycles. The number of sulfonamides is 1. The first-order chi connectivity index (χ1) is 16.4. The van der Waals surface area contributed by atoms with E-state index in [4.69, 9.17) is 4.74 Å². The first-order valence-electron chi connectivity index (χ1n) is 11.5. The number of hydrogen-bond acceptors (Lipinski definition) is 5. The highest BCUT2D eigenvalue weighted by Crippen LogP contribution is 2.25. The zero-order valence-electron chi connectivity index (χ0n) is 19.2. The summed E-state index contributed by atoms with van der Waals surface area (Å²) in [7, 11) is -3.56. The minimum atomic E-state index is -3.56. The molecule has 0 saturated carbocycles. The van der Waals surface area contributed by atoms with Gasteiger partial charge in [-0.1, -0.05) is 24.6 Å². The van der Waals surface area contributed by atoms with Crippen molar-refractivity contribution in [3.63, 3.8) is 0 Å². The van der Waals surface area contributed by atoms with Crippen molar-refractivity contribution < 1.29 is 17.9 Å². The summed E-state index contributed by atoms with van der Waals surface area (Å²) in [6.07, 6.45) is 4.51. The maximum atomic E-state index is 13.0. The molecule has 1 atom stereocenters. The van der Waals surface area contributed by atoms with Crippen LogP contribution in [0.2, 0.25) is 0 Å². The number of carbonyl (C=O) groups is 1. The van der Waals surface area contributed by atoms with Crippen molar-refractivity contribution >= 4 is 15.9 Å². The number of nitrogens with one attached hydrogen (secondary N) is 1. The smallest absolute Gasteiger partial charge is 0.251 e. The van der Waals surface area contributed by atoms with Crippen LogP contribution in [0.25, 0.3) is 0 Å². The summed E-state index contributed by atoms with van der Waals surface area (Å²) in [6.45, 7) is 3.17. The van der Waals surface area contributed by atoms with E-state index in [1.165, 1.54) is 12.1 Å². The molecule has 1 aliphatic heterocycles. The van der Waals surface area contributed by atoms with Crippen LogP contribution < -0.4 is 10.1 Å². The molecule has 1 fully saturated rings. The van der Waals surface area contributed by atoms with E-state index in [2.05, 4.69) is 10.3 Å². The monoisotopic (exact) mass is 479 g/mol. The maximum absolute atomic E-state index is 13.0. The molecule has 0 spiro atoms. The summed E-state index contributed by atoms with van der Waals surface area (Å²) in [4.78, 5) is 17.1. The molecule has 3 aromatic rings. The predicted molar refractivity (Wildman–Crippen MR) is 130 cm³/mol. The number of pyridine rings is 1. The normalized spacial score (nSPS) is 16.7. The second kappa shape index (κ2) is 10.8. The number of amides is 1. The number of hydrogen-bond donors (Lipinski definition) is 1. The minimum Gasteiger partial charge on any atom is -0.487 e. The average Bonchev–Trinajstić information content (AvgIpc) is 2.87. The SMILES string of the molecule is CC1CCCCN1S(=O)(=O)c1ccc(C(=O)NCc2cccc(OCc3ccccn3)c2)cc1. The molecule has 1 unspecified atom stereocenters. The van der Waals surface area contributed by atoms with Crippen LogP contribution >= 0.6 is 0 Å². The maximum Gasteiger partial charge on any atom is 0.251 e. The van der Waals surface area contributed by atoms with Crippen LogP contribution in [0, 0.1) is 0 Å². The molecule has 0 aliphatic carbocycles. The lowest BCUT2D eigenvalue weighted by molar-refractivity contribution is 0.0950. The summed E-state index contributed by atoms with van der Waals surface area (Å²) < 4.78 is 33.3. The summed E-state index contributed by atoms with van der Waals surface area (Å²) in [5.41, 5.74) is 2.14. The van der Waals surface area contributed by atoms with Crippen molar-refractivity contribution in [1.29, 1.82) is 0 Å². The van der Waals surface area contributed by atoms with Crippen LogP contribution in [0.1, 0.15) is 47.8 Å². The average molecular weight is 480 g/mol. The van der Waals surface area contributed by atoms with Crippen LogP contribution in [0.4, 0.5) is 0 Å². The van der Waals surface area contributed by atoms with E-state index in [-0.39, 0.29) is 16.8 Å². The van der Waals surface area contributed by atoms with Crippen LogP contribution in [-0.2, 0) is 23.2 Å². The van der Waals surface area contributed by atoms with Gasteiger partial charge in [-0.05, 0) is 73.9 Å². The second-order valence-corrected chi connectivity index (χ2v) is 10.3. The van der Waals surface area contributed by atoms with Crippen molar-refractivity contribution in [2.75, 3.05) is 6.54 Å². The molecule has 0 radical (unpaired) electrons. The third kappa shape index (κ3) is 5.81. The molecule has 2 aromatic carbocycles. The molecule has 0 bridgehead atoms. The van der Waals surface area contributed by atoms with Crippen LogP contribution in [0.5, 0.6) is 5.75 Å². The molecule has 1 amide bonds. The standard InChI is InChI=1S/C26H29N3O4S/c1-20-7-3-5-16-29(20)34(31,32)25-13-11-22(12-14-25)26(30)28-18-21-8-6-10-24(17-21)33-19-23-9-2-4-15-27-23/h2,4,6,8-15,17,20H,3,5,7,16,18-19H2,1H3,(H,28,30). The van der Waals surface area contributed by atoms with Crippen LogP contribution in [-0.4, -0.2) is 36.2 Å². The van der Waals surface area contributed by atoms with E-state index in [9.17, 15) is 13.2 Å². The highest BCUT2D eigenvalue weighted by molar-refractivity contribution is 7.89. The number of aromatic nitrogens is 1. The molecule has 1 saturated heterocycles. The Morgan fingerprint density at radius 1 is 1.09 bits per heavy atom. The van der Waals surface area contributed by atoms with Gasteiger partial charge in [0, 0.05) is 30.9 Å². The van der Waals surface area contributed by atoms with E-state index < -0.39 is 10.0 Å². The molecule has 8 heteroatoms. The summed E-state index contributed by atoms with van der Waals surface area (Å²) in [5.74, 6) is 0.425. The van der Waals surface area contributed by atoms with Gasteiger partial charge in [-0.25, -0.2) is 8.42 Å². The molecule has 1 aliphatic rings. The van der Waals surface area contributed by atoms with Crippen molar-refractivity contribution in [3.8, 4) is 5.75 Å². The minimum absolute atomic E-state index is 0.00887. The van der Waals surface area contributed by atoms with Gasteiger partial charge in [-0.3, -0.25) is 9.78 Å².